The Kier molecular flexibility index (Phi) is 6.87. The van der Waals surface area contributed by atoms with Gasteiger partial charge in [-0.2, -0.15) is 9.40 Å². The molecule has 1 fully saturated rings. The normalized spacial score (nSPS) is 16.9. The maximum Gasteiger partial charge on any atom is 0.260 e. The number of para-hydroxylation sites is 1. The van der Waals surface area contributed by atoms with Crippen molar-refractivity contribution in [2.24, 2.45) is 5.92 Å². The Bertz CT molecular complexity index is 1470. The number of aromatic nitrogens is 3. The minimum absolute atomic E-state index is 0.165. The maximum atomic E-state index is 14.3. The summed E-state index contributed by atoms with van der Waals surface area (Å²) in [6.07, 6.45) is 5.30. The molecule has 0 radical (unpaired) electrons. The lowest BCUT2D eigenvalue weighted by Crippen LogP contribution is -2.39. The van der Waals surface area contributed by atoms with Gasteiger partial charge in [0.05, 0.1) is 16.1 Å². The molecule has 1 saturated heterocycles. The van der Waals surface area contributed by atoms with Crippen LogP contribution in [0.1, 0.15) is 30.1 Å². The van der Waals surface area contributed by atoms with Crippen LogP contribution in [0.5, 0.6) is 0 Å². The van der Waals surface area contributed by atoms with Crippen LogP contribution in [0.15, 0.2) is 65.8 Å². The summed E-state index contributed by atoms with van der Waals surface area (Å²) >= 11 is 1.23. The van der Waals surface area contributed by atoms with Crippen LogP contribution in [0, 0.1) is 11.7 Å². The molecule has 1 amide bonds. The molecule has 0 bridgehead atoms. The number of halogens is 1. The molecule has 0 spiro atoms. The fourth-order valence-corrected chi connectivity index (χ4v) is 6.98. The van der Waals surface area contributed by atoms with E-state index in [2.05, 4.69) is 17.0 Å². The SMILES string of the molecule is CC1CCCN(S(=O)(=O)c2ccc(C(=O)N(CCn3cccn3)c3nc4c(F)cccc4s3)cc2)C1. The third kappa shape index (κ3) is 4.91. The maximum absolute atomic E-state index is 14.3. The minimum Gasteiger partial charge on any atom is -0.282 e. The Balaban J connectivity index is 1.43. The second kappa shape index (κ2) is 10.1. The van der Waals surface area contributed by atoms with Crippen molar-refractivity contribution >= 4 is 42.6 Å². The van der Waals surface area contributed by atoms with Crippen LogP contribution in [-0.4, -0.2) is 53.0 Å². The van der Waals surface area contributed by atoms with Crippen molar-refractivity contribution in [2.45, 2.75) is 31.2 Å². The first-order valence-corrected chi connectivity index (χ1v) is 14.0. The first-order valence-electron chi connectivity index (χ1n) is 11.8. The summed E-state index contributed by atoms with van der Waals surface area (Å²) in [6, 6.07) is 12.5. The lowest BCUT2D eigenvalue weighted by Gasteiger charge is -2.30. The van der Waals surface area contributed by atoms with Gasteiger partial charge >= 0.3 is 0 Å². The second-order valence-electron chi connectivity index (χ2n) is 8.94. The summed E-state index contributed by atoms with van der Waals surface area (Å²) in [5, 5.41) is 4.56. The molecule has 1 aliphatic heterocycles. The van der Waals surface area contributed by atoms with Crippen LogP contribution in [0.3, 0.4) is 0 Å². The molecule has 2 aromatic carbocycles. The summed E-state index contributed by atoms with van der Waals surface area (Å²) in [6.45, 7) is 3.72. The molecule has 0 aliphatic carbocycles. The molecule has 1 atom stereocenters. The first kappa shape index (κ1) is 24.5. The van der Waals surface area contributed by atoms with E-state index in [9.17, 15) is 17.6 Å². The quantitative estimate of drug-likeness (QED) is 0.356. The van der Waals surface area contributed by atoms with Crippen molar-refractivity contribution in [1.82, 2.24) is 19.1 Å². The van der Waals surface area contributed by atoms with Crippen molar-refractivity contribution in [3.63, 3.8) is 0 Å². The van der Waals surface area contributed by atoms with Gasteiger partial charge in [0.1, 0.15) is 11.3 Å². The van der Waals surface area contributed by atoms with Gasteiger partial charge in [-0.15, -0.1) is 0 Å². The molecule has 11 heteroatoms. The number of nitrogens with zero attached hydrogens (tertiary/aromatic N) is 5. The monoisotopic (exact) mass is 527 g/mol. The number of rotatable bonds is 7. The summed E-state index contributed by atoms with van der Waals surface area (Å²) in [5.41, 5.74) is 0.535. The first-order chi connectivity index (χ1) is 17.3. The van der Waals surface area contributed by atoms with Crippen molar-refractivity contribution < 1.29 is 17.6 Å². The van der Waals surface area contributed by atoms with Crippen LogP contribution < -0.4 is 4.90 Å². The summed E-state index contributed by atoms with van der Waals surface area (Å²) in [5.74, 6) is -0.482. The van der Waals surface area contributed by atoms with E-state index in [1.54, 1.807) is 35.3 Å². The number of amides is 1. The van der Waals surface area contributed by atoms with E-state index >= 15 is 0 Å². The highest BCUT2D eigenvalue weighted by Gasteiger charge is 2.29. The number of carbonyl (C=O) groups excluding carboxylic acids is 1. The van der Waals surface area contributed by atoms with E-state index in [0.29, 0.717) is 40.9 Å². The van der Waals surface area contributed by atoms with E-state index in [1.165, 1.54) is 50.9 Å². The molecule has 1 unspecified atom stereocenters. The van der Waals surface area contributed by atoms with Gasteiger partial charge in [0, 0.05) is 37.6 Å². The summed E-state index contributed by atoms with van der Waals surface area (Å²) in [7, 11) is -3.63. The molecule has 4 aromatic rings. The van der Waals surface area contributed by atoms with Gasteiger partial charge < -0.3 is 0 Å². The Morgan fingerprint density at radius 1 is 1.19 bits per heavy atom. The zero-order chi connectivity index (χ0) is 25.3. The lowest BCUT2D eigenvalue weighted by molar-refractivity contribution is 0.0985. The molecule has 2 aromatic heterocycles. The third-order valence-electron chi connectivity index (χ3n) is 6.31. The van der Waals surface area contributed by atoms with E-state index in [0.717, 1.165) is 12.8 Å². The topological polar surface area (TPSA) is 88.4 Å². The van der Waals surface area contributed by atoms with E-state index in [-0.39, 0.29) is 22.9 Å². The van der Waals surface area contributed by atoms with Gasteiger partial charge in [-0.05, 0) is 61.2 Å². The Morgan fingerprint density at radius 2 is 2.00 bits per heavy atom. The van der Waals surface area contributed by atoms with Gasteiger partial charge in [0.15, 0.2) is 5.13 Å². The molecule has 1 aliphatic rings. The van der Waals surface area contributed by atoms with Gasteiger partial charge in [-0.25, -0.2) is 17.8 Å². The van der Waals surface area contributed by atoms with Crippen LogP contribution >= 0.6 is 11.3 Å². The molecule has 8 nitrogen and oxygen atoms in total. The fourth-order valence-electron chi connectivity index (χ4n) is 4.38. The molecule has 36 heavy (non-hydrogen) atoms. The van der Waals surface area contributed by atoms with Crippen molar-refractivity contribution in [2.75, 3.05) is 24.5 Å². The molecule has 5 rings (SSSR count). The number of fused-ring (bicyclic) bond motifs is 1. The average Bonchev–Trinajstić information content (AvgIpc) is 3.55. The minimum atomic E-state index is -3.63. The van der Waals surface area contributed by atoms with Crippen LogP contribution in [0.25, 0.3) is 10.2 Å². The van der Waals surface area contributed by atoms with Gasteiger partial charge in [-0.3, -0.25) is 14.4 Å². The van der Waals surface area contributed by atoms with Crippen LogP contribution in [-0.2, 0) is 16.6 Å². The predicted octanol–water partition coefficient (Wildman–Crippen LogP) is 4.40. The van der Waals surface area contributed by atoms with Crippen molar-refractivity contribution in [3.8, 4) is 0 Å². The van der Waals surface area contributed by atoms with Crippen molar-refractivity contribution in [3.05, 3.63) is 72.3 Å². The Hall–Kier alpha value is -3.15. The highest BCUT2D eigenvalue weighted by Crippen LogP contribution is 2.31. The molecule has 0 N–H and O–H groups in total. The Labute approximate surface area is 213 Å². The number of carbonyl (C=O) groups is 1. The number of piperidine rings is 1. The lowest BCUT2D eigenvalue weighted by atomic mass is 10.0. The number of hydrogen-bond acceptors (Lipinski definition) is 6. The Morgan fingerprint density at radius 3 is 2.69 bits per heavy atom. The van der Waals surface area contributed by atoms with Crippen LogP contribution in [0.4, 0.5) is 9.52 Å². The van der Waals surface area contributed by atoms with Gasteiger partial charge in [-0.1, -0.05) is 24.3 Å². The molecular weight excluding hydrogens is 501 g/mol. The number of benzene rings is 2. The van der Waals surface area contributed by atoms with Gasteiger partial charge in [0.2, 0.25) is 10.0 Å². The molecular formula is C25H26FN5O3S2. The smallest absolute Gasteiger partial charge is 0.260 e. The standard InChI is InChI=1S/C25H26FN5O3S2/c1-18-5-3-14-30(17-18)36(33,34)20-10-8-19(9-11-20)24(32)31(16-15-29-13-4-12-27-29)25-28-23-21(26)6-2-7-22(23)35-25/h2,4,6-13,18H,3,5,14-17H2,1H3. The zero-order valence-corrected chi connectivity index (χ0v) is 21.4. The molecule has 3 heterocycles. The number of hydrogen-bond donors (Lipinski definition) is 0. The van der Waals surface area contributed by atoms with Crippen LogP contribution in [0.2, 0.25) is 0 Å². The third-order valence-corrected chi connectivity index (χ3v) is 9.23. The highest BCUT2D eigenvalue weighted by molar-refractivity contribution is 7.89. The van der Waals surface area contributed by atoms with E-state index in [1.807, 2.05) is 0 Å². The predicted molar refractivity (Wildman–Crippen MR) is 137 cm³/mol. The number of sulfonamides is 1. The summed E-state index contributed by atoms with van der Waals surface area (Å²) < 4.78 is 44.4. The van der Waals surface area contributed by atoms with E-state index < -0.39 is 15.8 Å². The fraction of sp³-hybridized carbons (Fsp3) is 0.320. The largest absolute Gasteiger partial charge is 0.282 e. The number of thiazole rings is 1. The van der Waals surface area contributed by atoms with Crippen molar-refractivity contribution in [1.29, 1.82) is 0 Å². The molecule has 188 valence electrons. The second-order valence-corrected chi connectivity index (χ2v) is 11.9. The number of anilines is 1. The van der Waals surface area contributed by atoms with Gasteiger partial charge in [0.25, 0.3) is 5.91 Å². The zero-order valence-electron chi connectivity index (χ0n) is 19.7. The average molecular weight is 528 g/mol. The summed E-state index contributed by atoms with van der Waals surface area (Å²) in [4.78, 5) is 19.6. The molecule has 0 saturated carbocycles. The highest BCUT2D eigenvalue weighted by atomic mass is 32.2. The van der Waals surface area contributed by atoms with E-state index in [4.69, 9.17) is 0 Å².